The first kappa shape index (κ1) is 11.6. The SMILES string of the molecule is NCCc1cnc(CCC2CCCCC2)[nH]1. The molecule has 1 aromatic heterocycles. The van der Waals surface area contributed by atoms with E-state index in [4.69, 9.17) is 5.73 Å². The normalized spacial score (nSPS) is 17.8. The highest BCUT2D eigenvalue weighted by Crippen LogP contribution is 2.27. The van der Waals surface area contributed by atoms with Crippen LogP contribution in [0.1, 0.15) is 50.0 Å². The van der Waals surface area contributed by atoms with E-state index >= 15 is 0 Å². The van der Waals surface area contributed by atoms with Crippen LogP contribution >= 0.6 is 0 Å². The maximum atomic E-state index is 5.51. The molecule has 3 nitrogen and oxygen atoms in total. The number of aromatic amines is 1. The van der Waals surface area contributed by atoms with E-state index in [1.54, 1.807) is 0 Å². The minimum atomic E-state index is 0.699. The van der Waals surface area contributed by atoms with Crippen LogP contribution in [0.15, 0.2) is 6.20 Å². The number of aryl methyl sites for hydroxylation is 1. The van der Waals surface area contributed by atoms with Crippen LogP contribution in [0, 0.1) is 5.92 Å². The van der Waals surface area contributed by atoms with E-state index in [2.05, 4.69) is 9.97 Å². The van der Waals surface area contributed by atoms with E-state index in [9.17, 15) is 0 Å². The monoisotopic (exact) mass is 221 g/mol. The van der Waals surface area contributed by atoms with Gasteiger partial charge in [-0.2, -0.15) is 0 Å². The summed E-state index contributed by atoms with van der Waals surface area (Å²) in [6.45, 7) is 0.699. The van der Waals surface area contributed by atoms with Crippen molar-refractivity contribution in [2.45, 2.75) is 51.4 Å². The van der Waals surface area contributed by atoms with Crippen molar-refractivity contribution in [2.75, 3.05) is 6.54 Å². The van der Waals surface area contributed by atoms with Gasteiger partial charge in [0.2, 0.25) is 0 Å². The largest absolute Gasteiger partial charge is 0.346 e. The molecule has 0 amide bonds. The summed E-state index contributed by atoms with van der Waals surface area (Å²) in [5.41, 5.74) is 6.69. The van der Waals surface area contributed by atoms with Crippen molar-refractivity contribution < 1.29 is 0 Å². The molecule has 0 spiro atoms. The zero-order valence-corrected chi connectivity index (χ0v) is 10.0. The number of aromatic nitrogens is 2. The average Bonchev–Trinajstić information content (AvgIpc) is 2.76. The van der Waals surface area contributed by atoms with Gasteiger partial charge >= 0.3 is 0 Å². The molecule has 1 heterocycles. The maximum absolute atomic E-state index is 5.51. The number of hydrogen-bond donors (Lipinski definition) is 2. The number of hydrogen-bond acceptors (Lipinski definition) is 2. The molecule has 0 bridgehead atoms. The predicted molar refractivity (Wildman–Crippen MR) is 66.2 cm³/mol. The summed E-state index contributed by atoms with van der Waals surface area (Å²) in [6, 6.07) is 0. The van der Waals surface area contributed by atoms with E-state index in [0.29, 0.717) is 6.54 Å². The predicted octanol–water partition coefficient (Wildman–Crippen LogP) is 2.42. The van der Waals surface area contributed by atoms with Gasteiger partial charge in [0.1, 0.15) is 5.82 Å². The number of H-pyrrole nitrogens is 1. The molecule has 0 unspecified atom stereocenters. The van der Waals surface area contributed by atoms with Crippen LogP contribution in [-0.2, 0) is 12.8 Å². The van der Waals surface area contributed by atoms with E-state index in [1.165, 1.54) is 44.2 Å². The maximum Gasteiger partial charge on any atom is 0.106 e. The van der Waals surface area contributed by atoms with E-state index < -0.39 is 0 Å². The summed E-state index contributed by atoms with van der Waals surface area (Å²) in [5, 5.41) is 0. The van der Waals surface area contributed by atoms with Gasteiger partial charge in [-0.15, -0.1) is 0 Å². The van der Waals surface area contributed by atoms with Crippen molar-refractivity contribution in [3.8, 4) is 0 Å². The highest BCUT2D eigenvalue weighted by atomic mass is 14.9. The lowest BCUT2D eigenvalue weighted by Gasteiger charge is -2.20. The molecule has 0 atom stereocenters. The molecule has 90 valence electrons. The van der Waals surface area contributed by atoms with Crippen molar-refractivity contribution in [1.82, 2.24) is 9.97 Å². The minimum Gasteiger partial charge on any atom is -0.346 e. The molecule has 1 saturated carbocycles. The summed E-state index contributed by atoms with van der Waals surface area (Å²) < 4.78 is 0. The third kappa shape index (κ3) is 3.34. The lowest BCUT2D eigenvalue weighted by Crippen LogP contribution is -2.08. The fourth-order valence-electron chi connectivity index (χ4n) is 2.63. The summed E-state index contributed by atoms with van der Waals surface area (Å²) in [4.78, 5) is 7.77. The molecule has 3 N–H and O–H groups in total. The van der Waals surface area contributed by atoms with Gasteiger partial charge in [-0.3, -0.25) is 0 Å². The van der Waals surface area contributed by atoms with Crippen LogP contribution in [0.3, 0.4) is 0 Å². The van der Waals surface area contributed by atoms with Crippen LogP contribution in [0.5, 0.6) is 0 Å². The Kier molecular flexibility index (Phi) is 4.40. The first-order valence-corrected chi connectivity index (χ1v) is 6.61. The second-order valence-corrected chi connectivity index (χ2v) is 4.94. The topological polar surface area (TPSA) is 54.7 Å². The minimum absolute atomic E-state index is 0.699. The number of imidazole rings is 1. The summed E-state index contributed by atoms with van der Waals surface area (Å²) in [7, 11) is 0. The molecule has 16 heavy (non-hydrogen) atoms. The Morgan fingerprint density at radius 3 is 2.81 bits per heavy atom. The molecule has 1 fully saturated rings. The Bertz CT molecular complexity index is 300. The molecule has 1 aliphatic rings. The van der Waals surface area contributed by atoms with Gasteiger partial charge in [0, 0.05) is 24.7 Å². The molecule has 1 aromatic rings. The Balaban J connectivity index is 1.75. The quantitative estimate of drug-likeness (QED) is 0.802. The third-order valence-electron chi connectivity index (χ3n) is 3.61. The zero-order chi connectivity index (χ0) is 11.2. The summed E-state index contributed by atoms with van der Waals surface area (Å²) >= 11 is 0. The number of rotatable bonds is 5. The number of nitrogens with zero attached hydrogens (tertiary/aromatic N) is 1. The van der Waals surface area contributed by atoms with Gasteiger partial charge in [-0.1, -0.05) is 32.1 Å². The summed E-state index contributed by atoms with van der Waals surface area (Å²) in [6.07, 6.45) is 12.4. The first-order chi connectivity index (χ1) is 7.88. The fraction of sp³-hybridized carbons (Fsp3) is 0.769. The Hall–Kier alpha value is -0.830. The highest BCUT2D eigenvalue weighted by Gasteiger charge is 2.13. The first-order valence-electron chi connectivity index (χ1n) is 6.61. The third-order valence-corrected chi connectivity index (χ3v) is 3.61. The van der Waals surface area contributed by atoms with Crippen molar-refractivity contribution in [2.24, 2.45) is 11.7 Å². The second kappa shape index (κ2) is 6.04. The van der Waals surface area contributed by atoms with Crippen LogP contribution in [0.25, 0.3) is 0 Å². The highest BCUT2D eigenvalue weighted by molar-refractivity contribution is 5.01. The smallest absolute Gasteiger partial charge is 0.106 e. The number of nitrogens with two attached hydrogens (primary N) is 1. The fourth-order valence-corrected chi connectivity index (χ4v) is 2.63. The van der Waals surface area contributed by atoms with Gasteiger partial charge < -0.3 is 10.7 Å². The van der Waals surface area contributed by atoms with Gasteiger partial charge in [0.05, 0.1) is 0 Å². The van der Waals surface area contributed by atoms with Gasteiger partial charge in [0.15, 0.2) is 0 Å². The van der Waals surface area contributed by atoms with E-state index in [-0.39, 0.29) is 0 Å². The summed E-state index contributed by atoms with van der Waals surface area (Å²) in [5.74, 6) is 2.09. The molecule has 0 aromatic carbocycles. The Morgan fingerprint density at radius 2 is 2.06 bits per heavy atom. The molecule has 2 rings (SSSR count). The molecule has 0 aliphatic heterocycles. The molecule has 0 radical (unpaired) electrons. The average molecular weight is 221 g/mol. The van der Waals surface area contributed by atoms with E-state index in [0.717, 1.165) is 24.6 Å². The molecule has 1 aliphatic carbocycles. The molecular weight excluding hydrogens is 198 g/mol. The van der Waals surface area contributed by atoms with Crippen molar-refractivity contribution in [3.63, 3.8) is 0 Å². The molecular formula is C13H23N3. The van der Waals surface area contributed by atoms with Crippen molar-refractivity contribution in [1.29, 1.82) is 0 Å². The van der Waals surface area contributed by atoms with Gasteiger partial charge in [-0.25, -0.2) is 4.98 Å². The Labute approximate surface area is 97.8 Å². The second-order valence-electron chi connectivity index (χ2n) is 4.94. The van der Waals surface area contributed by atoms with Crippen LogP contribution in [-0.4, -0.2) is 16.5 Å². The van der Waals surface area contributed by atoms with Crippen molar-refractivity contribution in [3.05, 3.63) is 17.7 Å². The van der Waals surface area contributed by atoms with E-state index in [1.807, 2.05) is 6.20 Å². The zero-order valence-electron chi connectivity index (χ0n) is 10.0. The number of nitrogens with one attached hydrogen (secondary N) is 1. The lowest BCUT2D eigenvalue weighted by molar-refractivity contribution is 0.337. The van der Waals surface area contributed by atoms with Crippen LogP contribution in [0.4, 0.5) is 0 Å². The van der Waals surface area contributed by atoms with Crippen molar-refractivity contribution >= 4 is 0 Å². The van der Waals surface area contributed by atoms with Crippen LogP contribution < -0.4 is 5.73 Å². The molecule has 3 heteroatoms. The van der Waals surface area contributed by atoms with Crippen LogP contribution in [0.2, 0.25) is 0 Å². The lowest BCUT2D eigenvalue weighted by atomic mass is 9.86. The van der Waals surface area contributed by atoms with Gasteiger partial charge in [0.25, 0.3) is 0 Å². The Morgan fingerprint density at radius 1 is 1.25 bits per heavy atom. The standard InChI is InChI=1S/C13H23N3/c14-9-8-12-10-15-13(16-12)7-6-11-4-2-1-3-5-11/h10-11H,1-9,14H2,(H,15,16). The molecule has 0 saturated heterocycles. The van der Waals surface area contributed by atoms with Gasteiger partial charge in [-0.05, 0) is 18.9 Å².